The number of hydrogen-bond acceptors (Lipinski definition) is 8. The Kier molecular flexibility index (Phi) is 6.60. The summed E-state index contributed by atoms with van der Waals surface area (Å²) in [5.41, 5.74) is 3.52. The van der Waals surface area contributed by atoms with Gasteiger partial charge in [0.15, 0.2) is 11.3 Å². The van der Waals surface area contributed by atoms with Gasteiger partial charge in [-0.3, -0.25) is 4.40 Å². The van der Waals surface area contributed by atoms with Gasteiger partial charge in [-0.15, -0.1) is 10.2 Å². The molecule has 2 aromatic carbocycles. The van der Waals surface area contributed by atoms with E-state index in [-0.39, 0.29) is 0 Å². The second kappa shape index (κ2) is 10.5. The molecule has 1 N–H and O–H groups in total. The second-order valence-corrected chi connectivity index (χ2v) is 9.04. The number of nitrogens with one attached hydrogen (secondary N) is 1. The predicted octanol–water partition coefficient (Wildman–Crippen LogP) is 5.63. The summed E-state index contributed by atoms with van der Waals surface area (Å²) in [4.78, 5) is 9.27. The molecule has 0 atom stereocenters. The largest absolute Gasteiger partial charge is 0.497 e. The Morgan fingerprint density at radius 1 is 0.923 bits per heavy atom. The second-order valence-electron chi connectivity index (χ2n) is 8.67. The molecular formula is C28H24ClN7O3. The molecule has 0 aliphatic rings. The minimum absolute atomic E-state index is 0.438. The van der Waals surface area contributed by atoms with Crippen LogP contribution in [0, 0.1) is 0 Å². The number of benzene rings is 2. The van der Waals surface area contributed by atoms with Crippen molar-refractivity contribution < 1.29 is 14.2 Å². The van der Waals surface area contributed by atoms with E-state index in [1.165, 1.54) is 0 Å². The molecule has 6 aromatic rings. The highest BCUT2D eigenvalue weighted by atomic mass is 35.5. The molecule has 0 bridgehead atoms. The first-order valence-corrected chi connectivity index (χ1v) is 12.5. The van der Waals surface area contributed by atoms with Crippen molar-refractivity contribution in [2.45, 2.75) is 6.54 Å². The number of aromatic nitrogens is 6. The number of ether oxygens (including phenoxy) is 3. The summed E-state index contributed by atoms with van der Waals surface area (Å²) in [5, 5.41) is 12.9. The van der Waals surface area contributed by atoms with Gasteiger partial charge in [0.05, 0.1) is 25.8 Å². The molecule has 0 saturated heterocycles. The lowest BCUT2D eigenvalue weighted by molar-refractivity contribution is 0.298. The molecule has 6 rings (SSSR count). The Morgan fingerprint density at radius 2 is 1.74 bits per heavy atom. The number of fused-ring (bicyclic) bond motifs is 3. The summed E-state index contributed by atoms with van der Waals surface area (Å²) in [5.74, 6) is 2.33. The van der Waals surface area contributed by atoms with E-state index in [0.29, 0.717) is 45.9 Å². The number of nitrogens with zero attached hydrogens (tertiary/aromatic N) is 6. The summed E-state index contributed by atoms with van der Waals surface area (Å²) < 4.78 is 20.6. The first-order chi connectivity index (χ1) is 19.1. The van der Waals surface area contributed by atoms with Crippen LogP contribution in [0.15, 0.2) is 79.5 Å². The summed E-state index contributed by atoms with van der Waals surface area (Å²) in [6.07, 6.45) is 7.39. The van der Waals surface area contributed by atoms with Gasteiger partial charge in [-0.25, -0.2) is 4.98 Å². The molecule has 0 aliphatic heterocycles. The maximum atomic E-state index is 6.68. The van der Waals surface area contributed by atoms with E-state index in [9.17, 15) is 0 Å². The van der Waals surface area contributed by atoms with Gasteiger partial charge in [0.25, 0.3) is 0 Å². The number of anilines is 2. The Balaban J connectivity index is 1.27. The van der Waals surface area contributed by atoms with Crippen LogP contribution < -0.4 is 19.5 Å². The van der Waals surface area contributed by atoms with Gasteiger partial charge in [0.2, 0.25) is 5.95 Å². The maximum Gasteiger partial charge on any atom is 0.229 e. The molecule has 0 amide bonds. The lowest BCUT2D eigenvalue weighted by Gasteiger charge is -2.14. The number of halogens is 1. The number of methoxy groups -OCH3 is 2. The van der Waals surface area contributed by atoms with Crippen LogP contribution >= 0.6 is 11.6 Å². The molecule has 0 aliphatic carbocycles. The molecule has 0 unspecified atom stereocenters. The van der Waals surface area contributed by atoms with Gasteiger partial charge in [-0.05, 0) is 48.5 Å². The first-order valence-electron chi connectivity index (χ1n) is 12.1. The zero-order chi connectivity index (χ0) is 26.8. The van der Waals surface area contributed by atoms with Crippen molar-refractivity contribution in [3.63, 3.8) is 0 Å². The summed E-state index contributed by atoms with van der Waals surface area (Å²) in [6, 6.07) is 17.2. The van der Waals surface area contributed by atoms with E-state index >= 15 is 0 Å². The molecule has 39 heavy (non-hydrogen) atoms. The molecule has 0 radical (unpaired) electrons. The van der Waals surface area contributed by atoms with Crippen molar-refractivity contribution in [2.75, 3.05) is 26.1 Å². The van der Waals surface area contributed by atoms with Crippen molar-refractivity contribution in [3.8, 4) is 28.4 Å². The fourth-order valence-electron chi connectivity index (χ4n) is 4.32. The Hall–Kier alpha value is -4.83. The highest BCUT2D eigenvalue weighted by Crippen LogP contribution is 2.41. The number of hydrogen-bond donors (Lipinski definition) is 1. The standard InChI is InChI=1S/C28H24ClN7O3/c1-37-21-14-22(25(29)24(15-21)38-2)23-13-18-16-30-28(33-26(18)36-17-31-34-27(23)36)32-19-5-7-20(8-6-19)39-12-11-35-9-3-4-10-35/h3-10,13-17H,11-12H2,1-2H3,(H,30,32,33). The summed E-state index contributed by atoms with van der Waals surface area (Å²) >= 11 is 6.68. The van der Waals surface area contributed by atoms with Crippen LogP contribution in [0.2, 0.25) is 5.02 Å². The van der Waals surface area contributed by atoms with Crippen molar-refractivity contribution in [1.82, 2.24) is 29.1 Å². The average molecular weight is 542 g/mol. The molecule has 4 heterocycles. The van der Waals surface area contributed by atoms with E-state index in [0.717, 1.165) is 28.9 Å². The van der Waals surface area contributed by atoms with Crippen molar-refractivity contribution in [3.05, 3.63) is 84.5 Å². The molecule has 4 aromatic heterocycles. The fraction of sp³-hybridized carbons (Fsp3) is 0.143. The Morgan fingerprint density at radius 3 is 2.51 bits per heavy atom. The van der Waals surface area contributed by atoms with Crippen LogP contribution in [0.4, 0.5) is 11.6 Å². The molecular weight excluding hydrogens is 518 g/mol. The highest BCUT2D eigenvalue weighted by Gasteiger charge is 2.18. The van der Waals surface area contributed by atoms with Crippen LogP contribution in [-0.2, 0) is 6.54 Å². The Labute approximate surface area is 228 Å². The van der Waals surface area contributed by atoms with E-state index in [2.05, 4.69) is 25.1 Å². The van der Waals surface area contributed by atoms with E-state index in [1.54, 1.807) is 32.8 Å². The summed E-state index contributed by atoms with van der Waals surface area (Å²) in [7, 11) is 3.15. The zero-order valence-electron chi connectivity index (χ0n) is 21.2. The van der Waals surface area contributed by atoms with Gasteiger partial charge in [-0.1, -0.05) is 11.6 Å². The predicted molar refractivity (Wildman–Crippen MR) is 149 cm³/mol. The lowest BCUT2D eigenvalue weighted by Crippen LogP contribution is -2.06. The van der Waals surface area contributed by atoms with Crippen molar-refractivity contribution in [2.24, 2.45) is 0 Å². The Bertz CT molecular complexity index is 1750. The highest BCUT2D eigenvalue weighted by molar-refractivity contribution is 6.35. The number of pyridine rings is 1. The van der Waals surface area contributed by atoms with Gasteiger partial charge in [0, 0.05) is 46.9 Å². The monoisotopic (exact) mass is 541 g/mol. The molecule has 0 fully saturated rings. The minimum Gasteiger partial charge on any atom is -0.497 e. The molecule has 0 spiro atoms. The van der Waals surface area contributed by atoms with Crippen LogP contribution in [-0.4, -0.2) is 50.0 Å². The van der Waals surface area contributed by atoms with E-state index < -0.39 is 0 Å². The first kappa shape index (κ1) is 24.5. The molecule has 196 valence electrons. The van der Waals surface area contributed by atoms with Crippen LogP contribution in [0.1, 0.15) is 0 Å². The molecule has 10 nitrogen and oxygen atoms in total. The quantitative estimate of drug-likeness (QED) is 0.251. The third kappa shape index (κ3) is 4.89. The van der Waals surface area contributed by atoms with E-state index in [1.807, 2.05) is 65.3 Å². The normalized spacial score (nSPS) is 11.2. The summed E-state index contributed by atoms with van der Waals surface area (Å²) in [6.45, 7) is 1.37. The van der Waals surface area contributed by atoms with Gasteiger partial charge in [-0.2, -0.15) is 4.98 Å². The van der Waals surface area contributed by atoms with Crippen LogP contribution in [0.5, 0.6) is 17.2 Å². The van der Waals surface area contributed by atoms with E-state index in [4.69, 9.17) is 30.8 Å². The molecule has 11 heteroatoms. The third-order valence-corrected chi connectivity index (χ3v) is 6.66. The smallest absolute Gasteiger partial charge is 0.229 e. The fourth-order valence-corrected chi connectivity index (χ4v) is 4.60. The SMILES string of the molecule is COc1cc(OC)c(Cl)c(-c2cc3cnc(Nc4ccc(OCCn5cccc5)cc4)nc3n3cnnc23)c1. The topological polar surface area (TPSA) is 101 Å². The maximum absolute atomic E-state index is 6.68. The van der Waals surface area contributed by atoms with Gasteiger partial charge in [0.1, 0.15) is 30.2 Å². The molecule has 0 saturated carbocycles. The van der Waals surface area contributed by atoms with Crippen molar-refractivity contribution >= 4 is 39.9 Å². The third-order valence-electron chi connectivity index (χ3n) is 6.27. The lowest BCUT2D eigenvalue weighted by atomic mass is 10.0. The van der Waals surface area contributed by atoms with Crippen molar-refractivity contribution in [1.29, 1.82) is 0 Å². The zero-order valence-corrected chi connectivity index (χ0v) is 22.0. The number of rotatable bonds is 9. The van der Waals surface area contributed by atoms with Crippen LogP contribution in [0.3, 0.4) is 0 Å². The van der Waals surface area contributed by atoms with Gasteiger partial charge >= 0.3 is 0 Å². The minimum atomic E-state index is 0.438. The van der Waals surface area contributed by atoms with Crippen LogP contribution in [0.25, 0.3) is 27.8 Å². The average Bonchev–Trinajstić information content (AvgIpc) is 3.67. The van der Waals surface area contributed by atoms with Gasteiger partial charge < -0.3 is 24.1 Å².